The van der Waals surface area contributed by atoms with Gasteiger partial charge in [-0.2, -0.15) is 0 Å². The molecule has 2 fully saturated rings. The van der Waals surface area contributed by atoms with Gasteiger partial charge in [-0.1, -0.05) is 37.1 Å². The van der Waals surface area contributed by atoms with Gasteiger partial charge in [-0.3, -0.25) is 14.4 Å². The molecular weight excluding hydrogens is 438 g/mol. The number of aliphatic hydroxyl groups is 1. The van der Waals surface area contributed by atoms with Gasteiger partial charge in [0.15, 0.2) is 0 Å². The molecule has 4 aliphatic rings. The van der Waals surface area contributed by atoms with E-state index in [0.717, 1.165) is 25.7 Å². The van der Waals surface area contributed by atoms with Gasteiger partial charge in [0.05, 0.1) is 16.6 Å². The van der Waals surface area contributed by atoms with Gasteiger partial charge in [-0.15, -0.1) is 11.8 Å². The number of nitrogens with zero attached hydrogens (tertiary/aromatic N) is 3. The molecule has 3 amide bonds. The Morgan fingerprint density at radius 3 is 2.39 bits per heavy atom. The van der Waals surface area contributed by atoms with E-state index in [9.17, 15) is 14.4 Å². The van der Waals surface area contributed by atoms with Gasteiger partial charge >= 0.3 is 0 Å². The van der Waals surface area contributed by atoms with Crippen molar-refractivity contribution in [2.45, 2.75) is 68.0 Å². The number of likely N-dealkylation sites (tertiary alicyclic amines) is 1. The molecule has 4 aliphatic heterocycles. The molecule has 0 saturated carbocycles. The van der Waals surface area contributed by atoms with Crippen molar-refractivity contribution < 1.29 is 19.5 Å². The number of hydrogen-bond acceptors (Lipinski definition) is 5. The van der Waals surface area contributed by atoms with Crippen LogP contribution in [0.5, 0.6) is 0 Å². The Morgan fingerprint density at radius 2 is 1.70 bits per heavy atom. The molecule has 182 valence electrons. The fourth-order valence-electron chi connectivity index (χ4n) is 6.11. The molecule has 4 rings (SSSR count). The van der Waals surface area contributed by atoms with E-state index in [-0.39, 0.29) is 30.4 Å². The first-order valence-electron chi connectivity index (χ1n) is 12.2. The topological polar surface area (TPSA) is 81.2 Å². The van der Waals surface area contributed by atoms with Crippen LogP contribution in [0.3, 0.4) is 0 Å². The second-order valence-corrected chi connectivity index (χ2v) is 12.1. The van der Waals surface area contributed by atoms with Crippen LogP contribution in [0, 0.1) is 11.8 Å². The molecule has 0 bridgehead atoms. The highest BCUT2D eigenvalue weighted by atomic mass is 32.2. The number of unbranched alkanes of at least 4 members (excludes halogenated alkanes) is 3. The Balaban J connectivity index is 1.76. The largest absolute Gasteiger partial charge is 0.396 e. The molecule has 0 aromatic rings. The van der Waals surface area contributed by atoms with E-state index < -0.39 is 27.4 Å². The maximum absolute atomic E-state index is 14.0. The number of likely N-dealkylation sites (N-methyl/N-ethyl adjacent to an activating group) is 1. The summed E-state index contributed by atoms with van der Waals surface area (Å²) >= 11 is 1.64. The molecule has 1 unspecified atom stereocenters. The number of rotatable bonds is 7. The first-order valence-corrected chi connectivity index (χ1v) is 13.0. The van der Waals surface area contributed by atoms with E-state index in [1.807, 2.05) is 30.9 Å². The number of carbonyl (C=O) groups excluding carboxylic acids is 3. The van der Waals surface area contributed by atoms with Gasteiger partial charge in [0.25, 0.3) is 0 Å². The third kappa shape index (κ3) is 3.83. The van der Waals surface area contributed by atoms with Crippen LogP contribution in [-0.2, 0) is 14.4 Å². The fraction of sp³-hybridized carbons (Fsp3) is 0.720. The summed E-state index contributed by atoms with van der Waals surface area (Å²) < 4.78 is -1.29. The number of aliphatic hydroxyl groups excluding tert-OH is 1. The summed E-state index contributed by atoms with van der Waals surface area (Å²) in [7, 11) is 1.79. The van der Waals surface area contributed by atoms with Gasteiger partial charge in [-0.25, -0.2) is 0 Å². The van der Waals surface area contributed by atoms with Crippen molar-refractivity contribution >= 4 is 29.5 Å². The van der Waals surface area contributed by atoms with Crippen molar-refractivity contribution in [2.75, 3.05) is 33.3 Å². The van der Waals surface area contributed by atoms with Gasteiger partial charge in [0, 0.05) is 44.1 Å². The number of carbonyl (C=O) groups is 3. The van der Waals surface area contributed by atoms with Crippen LogP contribution in [-0.4, -0.2) is 92.4 Å². The van der Waals surface area contributed by atoms with Crippen molar-refractivity contribution in [1.29, 1.82) is 0 Å². The third-order valence-corrected chi connectivity index (χ3v) is 9.52. The number of thioether (sulfide) groups is 1. The predicted octanol–water partition coefficient (Wildman–Crippen LogP) is 2.06. The number of fused-ring (bicyclic) bond motifs is 2. The zero-order chi connectivity index (χ0) is 24.0. The lowest BCUT2D eigenvalue weighted by Crippen LogP contribution is -2.54. The molecule has 1 N–H and O–H groups in total. The lowest BCUT2D eigenvalue weighted by atomic mass is 9.74. The van der Waals surface area contributed by atoms with Gasteiger partial charge < -0.3 is 19.8 Å². The molecule has 0 aliphatic carbocycles. The van der Waals surface area contributed by atoms with Crippen LogP contribution in [0.2, 0.25) is 0 Å². The van der Waals surface area contributed by atoms with Crippen molar-refractivity contribution in [2.24, 2.45) is 11.8 Å². The minimum Gasteiger partial charge on any atom is -0.396 e. The molecule has 8 heteroatoms. The third-order valence-electron chi connectivity index (χ3n) is 7.72. The molecule has 0 aromatic carbocycles. The molecule has 0 radical (unpaired) electrons. The van der Waals surface area contributed by atoms with Crippen molar-refractivity contribution in [1.82, 2.24) is 14.7 Å². The normalized spacial score (nSPS) is 35.8. The summed E-state index contributed by atoms with van der Waals surface area (Å²) in [6.45, 7) is 7.79. The Morgan fingerprint density at radius 1 is 1.00 bits per heavy atom. The van der Waals surface area contributed by atoms with E-state index in [2.05, 4.69) is 19.1 Å². The van der Waals surface area contributed by atoms with E-state index in [0.29, 0.717) is 19.6 Å². The first-order chi connectivity index (χ1) is 15.7. The minimum absolute atomic E-state index is 0.0143. The van der Waals surface area contributed by atoms with Gasteiger partial charge in [0.2, 0.25) is 17.7 Å². The minimum atomic E-state index is -0.750. The second-order valence-electron chi connectivity index (χ2n) is 10.3. The smallest absolute Gasteiger partial charge is 0.247 e. The van der Waals surface area contributed by atoms with E-state index in [1.54, 1.807) is 28.6 Å². The highest BCUT2D eigenvalue weighted by molar-refractivity contribution is 8.02. The van der Waals surface area contributed by atoms with Crippen molar-refractivity contribution in [3.05, 3.63) is 24.3 Å². The SMILES string of the molecule is CC(C)N1CC=C[C@]23S[C@@]4(C)C=CCN(C)C(=O)[C@H]4[C@H]2C(=O)N(CCCCCCO)C3C1=O. The molecule has 0 aromatic heterocycles. The molecule has 2 saturated heterocycles. The Kier molecular flexibility index (Phi) is 6.71. The zero-order valence-corrected chi connectivity index (χ0v) is 21.0. The molecule has 33 heavy (non-hydrogen) atoms. The molecule has 5 atom stereocenters. The Labute approximate surface area is 201 Å². The summed E-state index contributed by atoms with van der Waals surface area (Å²) in [5.41, 5.74) is 0. The average Bonchev–Trinajstić information content (AvgIpc) is 3.02. The zero-order valence-electron chi connectivity index (χ0n) is 20.2. The molecular formula is C25H37N3O4S. The fourth-order valence-corrected chi connectivity index (χ4v) is 8.27. The van der Waals surface area contributed by atoms with Crippen LogP contribution in [0.25, 0.3) is 0 Å². The summed E-state index contributed by atoms with van der Waals surface area (Å²) in [6, 6.07) is -0.577. The number of hydrogen-bond donors (Lipinski definition) is 1. The van der Waals surface area contributed by atoms with Crippen molar-refractivity contribution in [3.63, 3.8) is 0 Å². The average molecular weight is 476 g/mol. The van der Waals surface area contributed by atoms with Crippen molar-refractivity contribution in [3.8, 4) is 0 Å². The van der Waals surface area contributed by atoms with E-state index >= 15 is 0 Å². The highest BCUT2D eigenvalue weighted by Gasteiger charge is 2.73. The van der Waals surface area contributed by atoms with Gasteiger partial charge in [-0.05, 0) is 33.6 Å². The summed E-state index contributed by atoms with van der Waals surface area (Å²) in [5, 5.41) is 9.07. The summed E-state index contributed by atoms with van der Waals surface area (Å²) in [5.74, 6) is -1.15. The lowest BCUT2D eigenvalue weighted by Gasteiger charge is -2.37. The van der Waals surface area contributed by atoms with Crippen LogP contribution in [0.4, 0.5) is 0 Å². The maximum atomic E-state index is 14.0. The van der Waals surface area contributed by atoms with E-state index in [4.69, 9.17) is 5.11 Å². The van der Waals surface area contributed by atoms with Crippen LogP contribution < -0.4 is 0 Å². The summed E-state index contributed by atoms with van der Waals surface area (Å²) in [6.07, 6.45) is 11.5. The first kappa shape index (κ1) is 24.3. The number of amides is 3. The monoisotopic (exact) mass is 475 g/mol. The molecule has 4 heterocycles. The second kappa shape index (κ2) is 9.10. The standard InChI is InChI=1S/C25H37N3O4S/c1-17(2)27-15-10-12-25-19(18-21(30)26(4)13-9-11-24(18,3)33-25)22(31)28(20(25)23(27)32)14-7-5-6-8-16-29/h9-12,17-20,29H,5-8,13-16H2,1-4H3/t18-,19+,20?,24+,25+/m1/s1. The van der Waals surface area contributed by atoms with Crippen LogP contribution in [0.15, 0.2) is 24.3 Å². The van der Waals surface area contributed by atoms with Crippen LogP contribution >= 0.6 is 11.8 Å². The van der Waals surface area contributed by atoms with Crippen LogP contribution in [0.1, 0.15) is 46.5 Å². The molecule has 1 spiro atoms. The predicted molar refractivity (Wildman–Crippen MR) is 130 cm³/mol. The van der Waals surface area contributed by atoms with E-state index in [1.165, 1.54) is 0 Å². The van der Waals surface area contributed by atoms with Gasteiger partial charge in [0.1, 0.15) is 6.04 Å². The summed E-state index contributed by atoms with van der Waals surface area (Å²) in [4.78, 5) is 46.9. The Hall–Kier alpha value is -1.80. The quantitative estimate of drug-likeness (QED) is 0.450. The maximum Gasteiger partial charge on any atom is 0.247 e. The lowest BCUT2D eigenvalue weighted by molar-refractivity contribution is -0.145. The molecule has 7 nitrogen and oxygen atoms in total. The highest BCUT2D eigenvalue weighted by Crippen LogP contribution is 2.65. The Bertz CT molecular complexity index is 874.